The average molecular weight is 317 g/mol. The third-order valence-electron chi connectivity index (χ3n) is 3.46. The summed E-state index contributed by atoms with van der Waals surface area (Å²) in [5, 5.41) is 10.1. The third kappa shape index (κ3) is 2.64. The van der Waals surface area contributed by atoms with Crippen LogP contribution in [0.5, 0.6) is 0 Å². The van der Waals surface area contributed by atoms with Gasteiger partial charge in [-0.3, -0.25) is 9.78 Å². The Hall–Kier alpha value is -2.15. The van der Waals surface area contributed by atoms with Gasteiger partial charge in [0, 0.05) is 4.88 Å². The first-order valence-electron chi connectivity index (χ1n) is 7.11. The predicted octanol–water partition coefficient (Wildman–Crippen LogP) is 2.86. The zero-order valence-corrected chi connectivity index (χ0v) is 13.9. The number of anilines is 1. The van der Waals surface area contributed by atoms with Crippen molar-refractivity contribution in [3.8, 4) is 0 Å². The highest BCUT2D eigenvalue weighted by atomic mass is 32.1. The number of rotatable bonds is 3. The van der Waals surface area contributed by atoms with Crippen LogP contribution in [-0.4, -0.2) is 19.7 Å². The van der Waals surface area contributed by atoms with Crippen molar-refractivity contribution in [1.82, 2.24) is 19.7 Å². The van der Waals surface area contributed by atoms with E-state index >= 15 is 0 Å². The first-order valence-corrected chi connectivity index (χ1v) is 7.99. The van der Waals surface area contributed by atoms with E-state index in [2.05, 4.69) is 38.8 Å². The summed E-state index contributed by atoms with van der Waals surface area (Å²) in [6.07, 6.45) is 1.57. The molecule has 0 aliphatic rings. The van der Waals surface area contributed by atoms with Crippen LogP contribution in [0.15, 0.2) is 22.4 Å². The molecule has 3 heterocycles. The Morgan fingerprint density at radius 2 is 2.18 bits per heavy atom. The number of aryl methyl sites for hydroxylation is 1. The van der Waals surface area contributed by atoms with Gasteiger partial charge in [0.1, 0.15) is 5.39 Å². The van der Waals surface area contributed by atoms with Crippen LogP contribution in [0, 0.1) is 6.92 Å². The van der Waals surface area contributed by atoms with E-state index in [9.17, 15) is 4.79 Å². The summed E-state index contributed by atoms with van der Waals surface area (Å²) in [5.41, 5.74) is 1.43. The third-order valence-corrected chi connectivity index (χ3v) is 4.48. The van der Waals surface area contributed by atoms with Gasteiger partial charge in [-0.25, -0.2) is 4.68 Å². The molecule has 116 valence electrons. The van der Waals surface area contributed by atoms with Crippen LogP contribution in [0.3, 0.4) is 0 Å². The Morgan fingerprint density at radius 1 is 1.41 bits per heavy atom. The maximum Gasteiger partial charge on any atom is 0.263 e. The summed E-state index contributed by atoms with van der Waals surface area (Å²) in [4.78, 5) is 20.7. The summed E-state index contributed by atoms with van der Waals surface area (Å²) in [6.45, 7) is 8.81. The van der Waals surface area contributed by atoms with Gasteiger partial charge in [-0.1, -0.05) is 0 Å². The molecule has 0 radical (unpaired) electrons. The Balaban J connectivity index is 1.97. The number of hydrogen-bond acceptors (Lipinski definition) is 5. The predicted molar refractivity (Wildman–Crippen MR) is 89.5 cm³/mol. The van der Waals surface area contributed by atoms with E-state index < -0.39 is 0 Å². The van der Waals surface area contributed by atoms with Crippen molar-refractivity contribution in [3.05, 3.63) is 38.4 Å². The lowest BCUT2D eigenvalue weighted by Gasteiger charge is -2.19. The molecule has 0 unspecified atom stereocenters. The monoisotopic (exact) mass is 317 g/mol. The zero-order valence-electron chi connectivity index (χ0n) is 13.1. The molecule has 6 nitrogen and oxygen atoms in total. The fraction of sp³-hybridized carbons (Fsp3) is 0.400. The summed E-state index contributed by atoms with van der Waals surface area (Å²) >= 11 is 1.69. The van der Waals surface area contributed by atoms with Crippen LogP contribution in [0.1, 0.15) is 31.2 Å². The highest BCUT2D eigenvalue weighted by Gasteiger charge is 2.19. The van der Waals surface area contributed by atoms with E-state index in [1.807, 2.05) is 20.8 Å². The van der Waals surface area contributed by atoms with Crippen LogP contribution >= 0.6 is 11.3 Å². The highest BCUT2D eigenvalue weighted by molar-refractivity contribution is 7.10. The number of aromatic amines is 1. The molecule has 2 N–H and O–H groups in total. The van der Waals surface area contributed by atoms with E-state index in [0.29, 0.717) is 23.5 Å². The van der Waals surface area contributed by atoms with Crippen molar-refractivity contribution >= 4 is 28.3 Å². The molecule has 0 aliphatic carbocycles. The van der Waals surface area contributed by atoms with E-state index in [1.54, 1.807) is 22.2 Å². The van der Waals surface area contributed by atoms with Gasteiger partial charge in [-0.2, -0.15) is 10.1 Å². The van der Waals surface area contributed by atoms with Crippen LogP contribution < -0.4 is 10.9 Å². The molecule has 0 atom stereocenters. The SMILES string of the molecule is Cc1ccsc1CNc1nc2c(cnn2C(C)(C)C)c(=O)[nH]1. The molecule has 0 saturated heterocycles. The van der Waals surface area contributed by atoms with Crippen LogP contribution in [0.4, 0.5) is 5.95 Å². The van der Waals surface area contributed by atoms with Gasteiger partial charge in [0.15, 0.2) is 5.65 Å². The van der Waals surface area contributed by atoms with Crippen LogP contribution in [-0.2, 0) is 12.1 Å². The van der Waals surface area contributed by atoms with Crippen molar-refractivity contribution in [2.45, 2.75) is 39.8 Å². The van der Waals surface area contributed by atoms with E-state index in [4.69, 9.17) is 0 Å². The summed E-state index contributed by atoms with van der Waals surface area (Å²) in [6, 6.07) is 2.08. The second-order valence-corrected chi connectivity index (χ2v) is 7.26. The molecule has 3 rings (SSSR count). The molecule has 0 bridgehead atoms. The normalized spacial score (nSPS) is 12.0. The van der Waals surface area contributed by atoms with Crippen molar-refractivity contribution in [2.24, 2.45) is 0 Å². The number of fused-ring (bicyclic) bond motifs is 1. The van der Waals surface area contributed by atoms with Gasteiger partial charge in [0.2, 0.25) is 5.95 Å². The van der Waals surface area contributed by atoms with E-state index in [0.717, 1.165) is 0 Å². The van der Waals surface area contributed by atoms with Gasteiger partial charge < -0.3 is 5.32 Å². The molecule has 0 aliphatic heterocycles. The standard InChI is InChI=1S/C15H19N5OS/c1-9-5-6-22-11(9)8-16-14-18-12-10(13(21)19-14)7-17-20(12)15(2,3)4/h5-7H,8H2,1-4H3,(H2,16,18,19,21). The van der Waals surface area contributed by atoms with Gasteiger partial charge in [0.05, 0.1) is 18.3 Å². The number of nitrogens with one attached hydrogen (secondary N) is 2. The molecule has 3 aromatic rings. The topological polar surface area (TPSA) is 75.6 Å². The van der Waals surface area contributed by atoms with Crippen molar-refractivity contribution in [3.63, 3.8) is 0 Å². The first kappa shape index (κ1) is 14.8. The van der Waals surface area contributed by atoms with Crippen molar-refractivity contribution < 1.29 is 0 Å². The Labute approximate surface area is 132 Å². The summed E-state index contributed by atoms with van der Waals surface area (Å²) < 4.78 is 1.78. The number of aromatic nitrogens is 4. The second-order valence-electron chi connectivity index (χ2n) is 6.26. The fourth-order valence-electron chi connectivity index (χ4n) is 2.24. The maximum atomic E-state index is 12.2. The Morgan fingerprint density at radius 3 is 2.82 bits per heavy atom. The van der Waals surface area contributed by atoms with Gasteiger partial charge in [-0.05, 0) is 44.7 Å². The van der Waals surface area contributed by atoms with Gasteiger partial charge in [0.25, 0.3) is 5.56 Å². The van der Waals surface area contributed by atoms with Gasteiger partial charge in [-0.15, -0.1) is 11.3 Å². The molecule has 0 fully saturated rings. The molecule has 22 heavy (non-hydrogen) atoms. The average Bonchev–Trinajstić information content (AvgIpc) is 3.02. The first-order chi connectivity index (χ1) is 10.4. The minimum absolute atomic E-state index is 0.175. The lowest BCUT2D eigenvalue weighted by Crippen LogP contribution is -2.24. The number of H-pyrrole nitrogens is 1. The molecule has 0 saturated carbocycles. The molecule has 0 spiro atoms. The smallest absolute Gasteiger partial charge is 0.263 e. The van der Waals surface area contributed by atoms with Gasteiger partial charge >= 0.3 is 0 Å². The van der Waals surface area contributed by atoms with Crippen molar-refractivity contribution in [1.29, 1.82) is 0 Å². The molecule has 7 heteroatoms. The minimum Gasteiger partial charge on any atom is -0.351 e. The quantitative estimate of drug-likeness (QED) is 0.779. The fourth-order valence-corrected chi connectivity index (χ4v) is 3.09. The Bertz CT molecular complexity index is 868. The molecule has 0 amide bonds. The summed E-state index contributed by atoms with van der Waals surface area (Å²) in [7, 11) is 0. The largest absolute Gasteiger partial charge is 0.351 e. The van der Waals surface area contributed by atoms with Crippen molar-refractivity contribution in [2.75, 3.05) is 5.32 Å². The van der Waals surface area contributed by atoms with E-state index in [-0.39, 0.29) is 11.1 Å². The minimum atomic E-state index is -0.232. The Kier molecular flexibility index (Phi) is 3.52. The lowest BCUT2D eigenvalue weighted by molar-refractivity contribution is 0.366. The number of nitrogens with zero attached hydrogens (tertiary/aromatic N) is 3. The molecule has 3 aromatic heterocycles. The van der Waals surface area contributed by atoms with Crippen LogP contribution in [0.25, 0.3) is 11.0 Å². The zero-order chi connectivity index (χ0) is 15.9. The molecule has 0 aromatic carbocycles. The highest BCUT2D eigenvalue weighted by Crippen LogP contribution is 2.20. The second kappa shape index (κ2) is 5.24. The molecular weight excluding hydrogens is 298 g/mol. The number of thiophene rings is 1. The molecular formula is C15H19N5OS. The lowest BCUT2D eigenvalue weighted by atomic mass is 10.1. The van der Waals surface area contributed by atoms with Crippen LogP contribution in [0.2, 0.25) is 0 Å². The number of hydrogen-bond donors (Lipinski definition) is 2. The van der Waals surface area contributed by atoms with E-state index in [1.165, 1.54) is 10.4 Å². The maximum absolute atomic E-state index is 12.2. The summed E-state index contributed by atoms with van der Waals surface area (Å²) in [5.74, 6) is 0.469.